The highest BCUT2D eigenvalue weighted by molar-refractivity contribution is 6.26. The molecule has 0 unspecified atom stereocenters. The van der Waals surface area contributed by atoms with Crippen LogP contribution in [-0.2, 0) is 0 Å². The van der Waals surface area contributed by atoms with E-state index in [1.165, 1.54) is 24.0 Å². The molecule has 0 bridgehead atoms. The van der Waals surface area contributed by atoms with Crippen LogP contribution < -0.4 is 4.74 Å². The highest BCUT2D eigenvalue weighted by Crippen LogP contribution is 2.49. The van der Waals surface area contributed by atoms with Gasteiger partial charge in [-0.3, -0.25) is 0 Å². The van der Waals surface area contributed by atoms with Gasteiger partial charge in [-0.2, -0.15) is 4.74 Å². The fourth-order valence-electron chi connectivity index (χ4n) is 4.88. The molecule has 1 aromatic carbocycles. The van der Waals surface area contributed by atoms with Crippen molar-refractivity contribution in [2.45, 2.75) is 64.4 Å². The van der Waals surface area contributed by atoms with Crippen LogP contribution in [0.5, 0.6) is 5.75 Å². The van der Waals surface area contributed by atoms with Crippen molar-refractivity contribution < 1.29 is 9.48 Å². The Hall–Kier alpha value is -2.03. The van der Waals surface area contributed by atoms with Crippen molar-refractivity contribution in [3.63, 3.8) is 0 Å². The molecule has 2 heterocycles. The van der Waals surface area contributed by atoms with Gasteiger partial charge in [-0.1, -0.05) is 26.3 Å². The van der Waals surface area contributed by atoms with E-state index in [1.807, 2.05) is 0 Å². The number of ether oxygens (including phenoxy) is 1. The van der Waals surface area contributed by atoms with Crippen LogP contribution in [0, 0.1) is 10.6 Å². The lowest BCUT2D eigenvalue weighted by atomic mass is 9.77. The standard InChI is InChI=1S/C22H25NO2/c1-21(2)12-9-18-17(14-21)15-6-7-19-16(20(15)23(18)24)8-13-22(25-19)10-4-3-5-11-22/h6-8,13-14H,3-5,9-12H2,1-2H3. The predicted molar refractivity (Wildman–Crippen MR) is 101 cm³/mol. The lowest BCUT2D eigenvalue weighted by Gasteiger charge is -2.38. The normalized spacial score (nSPS) is 25.1. The van der Waals surface area contributed by atoms with Crippen molar-refractivity contribution >= 4 is 23.0 Å². The van der Waals surface area contributed by atoms with E-state index >= 15 is 0 Å². The van der Waals surface area contributed by atoms with Crippen molar-refractivity contribution in [1.29, 1.82) is 0 Å². The second-order valence-corrected chi connectivity index (χ2v) is 8.72. The summed E-state index contributed by atoms with van der Waals surface area (Å²) in [7, 11) is 0. The molecule has 5 rings (SSSR count). The third-order valence-electron chi connectivity index (χ3n) is 6.33. The molecule has 0 atom stereocenters. The molecule has 4 aliphatic rings. The van der Waals surface area contributed by atoms with Crippen molar-refractivity contribution in [3.05, 3.63) is 40.6 Å². The highest BCUT2D eigenvalue weighted by Gasteiger charge is 2.42. The van der Waals surface area contributed by atoms with Gasteiger partial charge in [0, 0.05) is 6.42 Å². The molecule has 25 heavy (non-hydrogen) atoms. The van der Waals surface area contributed by atoms with E-state index in [2.05, 4.69) is 44.2 Å². The smallest absolute Gasteiger partial charge is 0.235 e. The second kappa shape index (κ2) is 5.00. The summed E-state index contributed by atoms with van der Waals surface area (Å²) in [6.45, 7) is 4.50. The Kier molecular flexibility index (Phi) is 3.05. The number of fused-ring (bicyclic) bond motifs is 5. The largest absolute Gasteiger partial charge is 0.618 e. The zero-order valence-corrected chi connectivity index (χ0v) is 15.1. The van der Waals surface area contributed by atoms with Gasteiger partial charge >= 0.3 is 0 Å². The maximum Gasteiger partial charge on any atom is 0.235 e. The predicted octanol–water partition coefficient (Wildman–Crippen LogP) is 5.59. The fourth-order valence-corrected chi connectivity index (χ4v) is 4.88. The van der Waals surface area contributed by atoms with E-state index in [-0.39, 0.29) is 11.0 Å². The average Bonchev–Trinajstić information content (AvgIpc) is 2.86. The summed E-state index contributed by atoms with van der Waals surface area (Å²) in [6, 6.07) is 4.17. The highest BCUT2D eigenvalue weighted by atomic mass is 16.5. The zero-order chi connectivity index (χ0) is 17.2. The molecule has 2 aliphatic heterocycles. The minimum Gasteiger partial charge on any atom is -0.618 e. The minimum absolute atomic E-state index is 0.146. The molecule has 1 saturated carbocycles. The molecule has 0 aromatic heterocycles. The van der Waals surface area contributed by atoms with E-state index in [9.17, 15) is 5.21 Å². The zero-order valence-electron chi connectivity index (χ0n) is 15.1. The first-order valence-corrected chi connectivity index (χ1v) is 9.60. The van der Waals surface area contributed by atoms with E-state index in [4.69, 9.17) is 4.74 Å². The van der Waals surface area contributed by atoms with Crippen LogP contribution in [0.25, 0.3) is 11.6 Å². The summed E-state index contributed by atoms with van der Waals surface area (Å²) in [4.78, 5) is 0. The van der Waals surface area contributed by atoms with Crippen LogP contribution in [-0.4, -0.2) is 16.1 Å². The maximum absolute atomic E-state index is 13.0. The van der Waals surface area contributed by atoms with E-state index in [0.29, 0.717) is 0 Å². The van der Waals surface area contributed by atoms with Crippen molar-refractivity contribution in [2.75, 3.05) is 0 Å². The van der Waals surface area contributed by atoms with Gasteiger partial charge in [0.05, 0.1) is 16.7 Å². The SMILES string of the molecule is CC1(C)C=C2C(=[N+]([O-])c3c2ccc2c3C=CC3(CCCCC3)O2)CC1. The first-order valence-electron chi connectivity index (χ1n) is 9.60. The van der Waals surface area contributed by atoms with Crippen LogP contribution in [0.1, 0.15) is 69.9 Å². The molecule has 3 nitrogen and oxygen atoms in total. The first-order chi connectivity index (χ1) is 12.0. The summed E-state index contributed by atoms with van der Waals surface area (Å²) in [5.74, 6) is 0.878. The minimum atomic E-state index is -0.146. The molecular formula is C22H25NO2. The number of allylic oxidation sites excluding steroid dienone is 2. The van der Waals surface area contributed by atoms with Crippen LogP contribution >= 0.6 is 0 Å². The topological polar surface area (TPSA) is 35.3 Å². The summed E-state index contributed by atoms with van der Waals surface area (Å²) in [5.41, 5.74) is 4.89. The van der Waals surface area contributed by atoms with E-state index < -0.39 is 0 Å². The van der Waals surface area contributed by atoms with Crippen LogP contribution in [0.2, 0.25) is 0 Å². The number of rotatable bonds is 0. The summed E-state index contributed by atoms with van der Waals surface area (Å²) < 4.78 is 7.62. The third-order valence-corrected chi connectivity index (χ3v) is 6.33. The van der Waals surface area contributed by atoms with Crippen LogP contribution in [0.15, 0.2) is 24.3 Å². The Morgan fingerprint density at radius 1 is 1.08 bits per heavy atom. The lowest BCUT2D eigenvalue weighted by molar-refractivity contribution is -0.358. The Balaban J connectivity index is 1.64. The number of hydrogen-bond donors (Lipinski definition) is 0. The summed E-state index contributed by atoms with van der Waals surface area (Å²) in [5, 5.41) is 13.0. The van der Waals surface area contributed by atoms with Gasteiger partial charge in [0.1, 0.15) is 11.4 Å². The Morgan fingerprint density at radius 2 is 1.88 bits per heavy atom. The number of nitrogens with zero attached hydrogens (tertiary/aromatic N) is 1. The molecule has 3 heteroatoms. The Labute approximate surface area is 149 Å². The van der Waals surface area contributed by atoms with Gasteiger partial charge in [0.25, 0.3) is 0 Å². The van der Waals surface area contributed by atoms with Gasteiger partial charge < -0.3 is 9.94 Å². The lowest BCUT2D eigenvalue weighted by Crippen LogP contribution is -2.37. The van der Waals surface area contributed by atoms with Crippen LogP contribution in [0.3, 0.4) is 0 Å². The number of benzene rings is 1. The fraction of sp³-hybridized carbons (Fsp3) is 0.500. The van der Waals surface area contributed by atoms with E-state index in [0.717, 1.165) is 59.5 Å². The molecule has 1 fully saturated rings. The monoisotopic (exact) mass is 335 g/mol. The molecule has 130 valence electrons. The van der Waals surface area contributed by atoms with E-state index in [1.54, 1.807) is 0 Å². The molecule has 1 spiro atoms. The van der Waals surface area contributed by atoms with Crippen molar-refractivity contribution in [1.82, 2.24) is 0 Å². The third kappa shape index (κ3) is 2.21. The van der Waals surface area contributed by atoms with Crippen molar-refractivity contribution in [2.24, 2.45) is 5.41 Å². The Morgan fingerprint density at radius 3 is 2.68 bits per heavy atom. The Bertz CT molecular complexity index is 851. The van der Waals surface area contributed by atoms with Gasteiger partial charge in [0.2, 0.25) is 11.4 Å². The molecular weight excluding hydrogens is 310 g/mol. The van der Waals surface area contributed by atoms with Gasteiger partial charge in [-0.05, 0) is 61.8 Å². The molecule has 1 aromatic rings. The van der Waals surface area contributed by atoms with Gasteiger partial charge in [-0.25, -0.2) is 0 Å². The average molecular weight is 335 g/mol. The maximum atomic E-state index is 13.0. The van der Waals surface area contributed by atoms with Gasteiger partial charge in [-0.15, -0.1) is 0 Å². The van der Waals surface area contributed by atoms with Gasteiger partial charge in [0.15, 0.2) is 0 Å². The summed E-state index contributed by atoms with van der Waals surface area (Å²) >= 11 is 0. The quantitative estimate of drug-likeness (QED) is 0.457. The molecule has 0 amide bonds. The summed E-state index contributed by atoms with van der Waals surface area (Å²) in [6.07, 6.45) is 14.4. The molecule has 0 saturated heterocycles. The van der Waals surface area contributed by atoms with Crippen molar-refractivity contribution in [3.8, 4) is 5.75 Å². The number of hydrogen-bond acceptors (Lipinski definition) is 2. The second-order valence-electron chi connectivity index (χ2n) is 8.72. The molecule has 2 aliphatic carbocycles. The molecule has 0 N–H and O–H groups in total. The van der Waals surface area contributed by atoms with Crippen LogP contribution in [0.4, 0.5) is 5.69 Å². The first kappa shape index (κ1) is 15.2. The molecule has 0 radical (unpaired) electrons.